The number of nitrogens with zero attached hydrogens (tertiary/aromatic N) is 4. The van der Waals surface area contributed by atoms with E-state index in [0.29, 0.717) is 11.6 Å². The molecule has 0 atom stereocenters. The lowest BCUT2D eigenvalue weighted by Gasteiger charge is -2.11. The molecule has 0 amide bonds. The molecule has 2 aromatic heterocycles. The zero-order valence-corrected chi connectivity index (χ0v) is 34.0. The lowest BCUT2D eigenvalue weighted by atomic mass is 10.0. The maximum Gasteiger partial charge on any atom is 0.160 e. The van der Waals surface area contributed by atoms with Crippen molar-refractivity contribution in [2.75, 3.05) is 0 Å². The van der Waals surface area contributed by atoms with Gasteiger partial charge in [-0.2, -0.15) is 0 Å². The Bertz CT molecular complexity index is 2820. The summed E-state index contributed by atoms with van der Waals surface area (Å²) < 4.78 is 0. The zero-order chi connectivity index (χ0) is 40.8. The first kappa shape index (κ1) is 37.5. The van der Waals surface area contributed by atoms with Gasteiger partial charge in [-0.15, -0.1) is 0 Å². The first-order chi connectivity index (χ1) is 30.2. The molecule has 0 unspecified atom stereocenters. The van der Waals surface area contributed by atoms with Crippen LogP contribution >= 0.6 is 11.8 Å². The van der Waals surface area contributed by atoms with Crippen molar-refractivity contribution >= 4 is 11.8 Å². The van der Waals surface area contributed by atoms with E-state index in [9.17, 15) is 0 Å². The summed E-state index contributed by atoms with van der Waals surface area (Å²) in [6, 6.07) is 79.9. The summed E-state index contributed by atoms with van der Waals surface area (Å²) in [7, 11) is 0. The Morgan fingerprint density at radius 3 is 0.738 bits per heavy atom. The van der Waals surface area contributed by atoms with Crippen LogP contribution in [-0.2, 0) is 0 Å². The van der Waals surface area contributed by atoms with Gasteiger partial charge in [0.2, 0.25) is 0 Å². The molecule has 0 bridgehead atoms. The van der Waals surface area contributed by atoms with Crippen LogP contribution in [0.5, 0.6) is 0 Å². The van der Waals surface area contributed by atoms with Crippen LogP contribution in [0, 0.1) is 0 Å². The van der Waals surface area contributed by atoms with Crippen molar-refractivity contribution in [2.45, 2.75) is 9.79 Å². The van der Waals surface area contributed by atoms with E-state index in [-0.39, 0.29) is 0 Å². The molecule has 0 fully saturated rings. The number of rotatable bonds is 10. The average Bonchev–Trinajstić information content (AvgIpc) is 3.35. The van der Waals surface area contributed by atoms with E-state index in [1.54, 1.807) is 11.8 Å². The Morgan fingerprint density at radius 1 is 0.213 bits per heavy atom. The normalized spacial score (nSPS) is 11.0. The third-order valence-corrected chi connectivity index (χ3v) is 11.6. The third kappa shape index (κ3) is 8.55. The molecule has 0 radical (unpaired) electrons. The van der Waals surface area contributed by atoms with Crippen LogP contribution in [0.25, 0.3) is 90.1 Å². The van der Waals surface area contributed by atoms with E-state index in [2.05, 4.69) is 182 Å². The topological polar surface area (TPSA) is 51.6 Å². The standard InChI is InChI=1S/C56H38N4S/c1-5-13-39(14-6-1)41-21-25-43(26-22-41)51-37-53(59-55(57-51)47-17-9-3-10-18-47)45-29-33-49(34-30-45)61-50-35-31-46(32-36-50)54-38-52(58-56(60-54)48-19-11-4-12-20-48)44-27-23-42(24-28-44)40-15-7-2-8-16-40/h1-38H. The molecule has 4 nitrogen and oxygen atoms in total. The molecule has 288 valence electrons. The summed E-state index contributed by atoms with van der Waals surface area (Å²) in [5, 5.41) is 0. The van der Waals surface area contributed by atoms with Crippen molar-refractivity contribution < 1.29 is 0 Å². The fourth-order valence-corrected chi connectivity index (χ4v) is 8.19. The monoisotopic (exact) mass is 798 g/mol. The lowest BCUT2D eigenvalue weighted by Crippen LogP contribution is -1.96. The first-order valence-corrected chi connectivity index (χ1v) is 21.1. The van der Waals surface area contributed by atoms with Gasteiger partial charge in [0, 0.05) is 43.2 Å². The molecule has 10 aromatic rings. The summed E-state index contributed by atoms with van der Waals surface area (Å²) >= 11 is 1.73. The van der Waals surface area contributed by atoms with Crippen LogP contribution in [0.3, 0.4) is 0 Å². The molecule has 0 saturated carbocycles. The average molecular weight is 799 g/mol. The highest BCUT2D eigenvalue weighted by atomic mass is 32.2. The van der Waals surface area contributed by atoms with Crippen molar-refractivity contribution in [2.24, 2.45) is 0 Å². The van der Waals surface area contributed by atoms with Gasteiger partial charge in [0.15, 0.2) is 11.6 Å². The molecule has 8 aromatic carbocycles. The van der Waals surface area contributed by atoms with Crippen LogP contribution in [0.15, 0.2) is 240 Å². The molecule has 0 spiro atoms. The zero-order valence-electron chi connectivity index (χ0n) is 33.1. The fraction of sp³-hybridized carbons (Fsp3) is 0. The molecular formula is C56H38N4S. The summed E-state index contributed by atoms with van der Waals surface area (Å²) in [6.07, 6.45) is 0. The van der Waals surface area contributed by atoms with E-state index >= 15 is 0 Å². The van der Waals surface area contributed by atoms with E-state index in [4.69, 9.17) is 19.9 Å². The quantitative estimate of drug-likeness (QED) is 0.138. The van der Waals surface area contributed by atoms with E-state index in [1.807, 2.05) is 48.5 Å². The van der Waals surface area contributed by atoms with Crippen LogP contribution in [0.1, 0.15) is 0 Å². The second kappa shape index (κ2) is 17.2. The number of hydrogen-bond acceptors (Lipinski definition) is 5. The van der Waals surface area contributed by atoms with Crippen LogP contribution in [-0.4, -0.2) is 19.9 Å². The minimum Gasteiger partial charge on any atom is -0.228 e. The van der Waals surface area contributed by atoms with Crippen molar-refractivity contribution in [3.63, 3.8) is 0 Å². The smallest absolute Gasteiger partial charge is 0.160 e. The maximum absolute atomic E-state index is 5.06. The van der Waals surface area contributed by atoms with Crippen molar-refractivity contribution in [1.29, 1.82) is 0 Å². The highest BCUT2D eigenvalue weighted by Gasteiger charge is 2.14. The van der Waals surface area contributed by atoms with E-state index < -0.39 is 0 Å². The largest absolute Gasteiger partial charge is 0.228 e. The Morgan fingerprint density at radius 2 is 0.443 bits per heavy atom. The van der Waals surface area contributed by atoms with Gasteiger partial charge in [0.05, 0.1) is 22.8 Å². The predicted molar refractivity (Wildman–Crippen MR) is 252 cm³/mol. The number of aromatic nitrogens is 4. The van der Waals surface area contributed by atoms with E-state index in [1.165, 1.54) is 22.3 Å². The Balaban J connectivity index is 0.905. The fourth-order valence-electron chi connectivity index (χ4n) is 7.37. The second-order valence-electron chi connectivity index (χ2n) is 14.7. The summed E-state index contributed by atoms with van der Waals surface area (Å²) in [5.41, 5.74) is 14.4. The summed E-state index contributed by atoms with van der Waals surface area (Å²) in [4.78, 5) is 22.5. The van der Waals surface area contributed by atoms with Gasteiger partial charge >= 0.3 is 0 Å². The molecule has 61 heavy (non-hydrogen) atoms. The lowest BCUT2D eigenvalue weighted by molar-refractivity contribution is 1.18. The second-order valence-corrected chi connectivity index (χ2v) is 15.8. The minimum atomic E-state index is 0.700. The highest BCUT2D eigenvalue weighted by molar-refractivity contribution is 7.99. The highest BCUT2D eigenvalue weighted by Crippen LogP contribution is 2.35. The molecule has 0 N–H and O–H groups in total. The van der Waals surface area contributed by atoms with Crippen molar-refractivity contribution in [1.82, 2.24) is 19.9 Å². The van der Waals surface area contributed by atoms with Crippen LogP contribution in [0.4, 0.5) is 0 Å². The van der Waals surface area contributed by atoms with E-state index in [0.717, 1.165) is 65.9 Å². The maximum atomic E-state index is 5.06. The first-order valence-electron chi connectivity index (χ1n) is 20.3. The van der Waals surface area contributed by atoms with Gasteiger partial charge < -0.3 is 0 Å². The van der Waals surface area contributed by atoms with Gasteiger partial charge in [0.1, 0.15) is 0 Å². The van der Waals surface area contributed by atoms with Crippen LogP contribution < -0.4 is 0 Å². The molecule has 5 heteroatoms. The molecule has 0 aliphatic heterocycles. The Hall–Kier alpha value is -7.73. The van der Waals surface area contributed by atoms with Gasteiger partial charge in [-0.05, 0) is 58.7 Å². The van der Waals surface area contributed by atoms with Crippen molar-refractivity contribution in [3.05, 3.63) is 231 Å². The summed E-state index contributed by atoms with van der Waals surface area (Å²) in [5.74, 6) is 1.40. The Labute approximate surface area is 360 Å². The predicted octanol–water partition coefficient (Wildman–Crippen LogP) is 14.8. The summed E-state index contributed by atoms with van der Waals surface area (Å²) in [6.45, 7) is 0. The SMILES string of the molecule is c1ccc(-c2ccc(-c3cc(-c4ccc(Sc5ccc(-c6cc(-c7ccc(-c8ccccc8)cc7)nc(-c7ccccc7)n6)cc5)cc4)nc(-c4ccccc4)n3)cc2)cc1. The molecule has 10 rings (SSSR count). The third-order valence-electron chi connectivity index (χ3n) is 10.6. The molecule has 2 heterocycles. The van der Waals surface area contributed by atoms with Gasteiger partial charge in [-0.25, -0.2) is 19.9 Å². The van der Waals surface area contributed by atoms with Gasteiger partial charge in [0.25, 0.3) is 0 Å². The number of benzene rings is 8. The Kier molecular flexibility index (Phi) is 10.6. The van der Waals surface area contributed by atoms with Gasteiger partial charge in [-0.3, -0.25) is 0 Å². The molecule has 0 aliphatic rings. The molecular weight excluding hydrogens is 761 g/mol. The minimum absolute atomic E-state index is 0.700. The molecule has 0 saturated heterocycles. The van der Waals surface area contributed by atoms with Crippen LogP contribution in [0.2, 0.25) is 0 Å². The van der Waals surface area contributed by atoms with Gasteiger partial charge in [-0.1, -0.05) is 206 Å². The van der Waals surface area contributed by atoms with Crippen molar-refractivity contribution in [3.8, 4) is 90.1 Å². The number of hydrogen-bond donors (Lipinski definition) is 0. The molecule has 0 aliphatic carbocycles.